The average Bonchev–Trinajstić information content (AvgIpc) is 3.25. The number of aliphatic imine (C=N–C) groups is 1. The van der Waals surface area contributed by atoms with E-state index in [-0.39, 0.29) is 0 Å². The number of nitrogens with one attached hydrogen (secondary N) is 2. The molecule has 0 aromatic heterocycles. The molecule has 0 spiro atoms. The third kappa shape index (κ3) is 5.81. The summed E-state index contributed by atoms with van der Waals surface area (Å²) in [6.45, 7) is 5.93. The molecule has 30 heavy (non-hydrogen) atoms. The number of guanidine groups is 1. The Morgan fingerprint density at radius 2 is 2.00 bits per heavy atom. The van der Waals surface area contributed by atoms with Crippen LogP contribution in [0.4, 0.5) is 5.69 Å². The fourth-order valence-electron chi connectivity index (χ4n) is 3.92. The normalized spacial score (nSPS) is 16.5. The van der Waals surface area contributed by atoms with Crippen LogP contribution in [0.2, 0.25) is 0 Å². The Kier molecular flexibility index (Phi) is 7.82. The van der Waals surface area contributed by atoms with E-state index < -0.39 is 0 Å². The summed E-state index contributed by atoms with van der Waals surface area (Å²) in [7, 11) is 5.25. The highest BCUT2D eigenvalue weighted by atomic mass is 16.5. The highest BCUT2D eigenvalue weighted by Gasteiger charge is 2.23. The van der Waals surface area contributed by atoms with Gasteiger partial charge < -0.3 is 25.0 Å². The van der Waals surface area contributed by atoms with Crippen LogP contribution in [-0.4, -0.2) is 53.4 Å². The van der Waals surface area contributed by atoms with Crippen molar-refractivity contribution >= 4 is 11.6 Å². The zero-order valence-electron chi connectivity index (χ0n) is 18.6. The van der Waals surface area contributed by atoms with Gasteiger partial charge in [0.25, 0.3) is 0 Å². The molecule has 1 atom stereocenters. The van der Waals surface area contributed by atoms with E-state index in [9.17, 15) is 0 Å². The van der Waals surface area contributed by atoms with Gasteiger partial charge in [-0.3, -0.25) is 4.99 Å². The molecule has 0 saturated carbocycles. The van der Waals surface area contributed by atoms with Gasteiger partial charge in [-0.25, -0.2) is 0 Å². The maximum absolute atomic E-state index is 5.47. The minimum Gasteiger partial charge on any atom is -0.497 e. The molecule has 1 saturated heterocycles. The molecule has 162 valence electrons. The Bertz CT molecular complexity index is 853. The second kappa shape index (κ2) is 10.8. The molecular formula is C24H34N4O2. The summed E-state index contributed by atoms with van der Waals surface area (Å²) in [5.41, 5.74) is 3.69. The van der Waals surface area contributed by atoms with Crippen molar-refractivity contribution in [2.75, 3.05) is 52.3 Å². The van der Waals surface area contributed by atoms with Crippen molar-refractivity contribution in [2.24, 2.45) is 10.9 Å². The predicted octanol–water partition coefficient (Wildman–Crippen LogP) is 3.25. The number of aryl methyl sites for hydroxylation is 1. The molecule has 0 aliphatic carbocycles. The van der Waals surface area contributed by atoms with Crippen LogP contribution in [0.5, 0.6) is 11.5 Å². The van der Waals surface area contributed by atoms with E-state index in [1.165, 1.54) is 23.2 Å². The highest BCUT2D eigenvalue weighted by Crippen LogP contribution is 2.26. The van der Waals surface area contributed by atoms with Crippen LogP contribution >= 0.6 is 0 Å². The molecule has 1 fully saturated rings. The van der Waals surface area contributed by atoms with Gasteiger partial charge in [0.1, 0.15) is 11.5 Å². The summed E-state index contributed by atoms with van der Waals surface area (Å²) in [6.07, 6.45) is 2.06. The molecule has 0 amide bonds. The molecule has 1 aliphatic rings. The van der Waals surface area contributed by atoms with Crippen molar-refractivity contribution in [1.82, 2.24) is 10.6 Å². The lowest BCUT2D eigenvalue weighted by Crippen LogP contribution is -2.41. The second-order valence-corrected chi connectivity index (χ2v) is 7.75. The molecule has 6 nitrogen and oxygen atoms in total. The lowest BCUT2D eigenvalue weighted by Gasteiger charge is -2.20. The monoisotopic (exact) mass is 410 g/mol. The lowest BCUT2D eigenvalue weighted by atomic mass is 10.1. The molecule has 1 aliphatic heterocycles. The number of anilines is 1. The summed E-state index contributed by atoms with van der Waals surface area (Å²) in [5.74, 6) is 3.28. The Balaban J connectivity index is 1.44. The van der Waals surface area contributed by atoms with Crippen molar-refractivity contribution < 1.29 is 9.47 Å². The van der Waals surface area contributed by atoms with Gasteiger partial charge in [0.15, 0.2) is 5.96 Å². The quantitative estimate of drug-likeness (QED) is 0.517. The third-order valence-corrected chi connectivity index (χ3v) is 5.61. The zero-order chi connectivity index (χ0) is 21.3. The van der Waals surface area contributed by atoms with E-state index in [4.69, 9.17) is 9.47 Å². The van der Waals surface area contributed by atoms with Gasteiger partial charge in [0.05, 0.1) is 14.2 Å². The van der Waals surface area contributed by atoms with Crippen LogP contribution in [0.3, 0.4) is 0 Å². The molecule has 2 N–H and O–H groups in total. The topological polar surface area (TPSA) is 58.1 Å². The van der Waals surface area contributed by atoms with Crippen LogP contribution in [-0.2, 0) is 6.42 Å². The number of hydrogen-bond acceptors (Lipinski definition) is 4. The Morgan fingerprint density at radius 1 is 1.13 bits per heavy atom. The molecule has 0 bridgehead atoms. The lowest BCUT2D eigenvalue weighted by molar-refractivity contribution is 0.409. The van der Waals surface area contributed by atoms with E-state index >= 15 is 0 Å². The van der Waals surface area contributed by atoms with Gasteiger partial charge in [-0.05, 0) is 49.4 Å². The summed E-state index contributed by atoms with van der Waals surface area (Å²) in [5, 5.41) is 6.91. The van der Waals surface area contributed by atoms with Crippen LogP contribution < -0.4 is 25.0 Å². The minimum atomic E-state index is 0.589. The van der Waals surface area contributed by atoms with Crippen molar-refractivity contribution in [3.63, 3.8) is 0 Å². The van der Waals surface area contributed by atoms with E-state index in [0.29, 0.717) is 5.92 Å². The number of ether oxygens (including phenoxy) is 2. The Hall–Kier alpha value is -2.89. The van der Waals surface area contributed by atoms with E-state index in [0.717, 1.165) is 50.1 Å². The fraction of sp³-hybridized carbons (Fsp3) is 0.458. The second-order valence-electron chi connectivity index (χ2n) is 7.75. The van der Waals surface area contributed by atoms with Crippen LogP contribution in [0.15, 0.2) is 47.5 Å². The molecule has 3 rings (SSSR count). The first-order valence-electron chi connectivity index (χ1n) is 10.6. The maximum Gasteiger partial charge on any atom is 0.190 e. The smallest absolute Gasteiger partial charge is 0.190 e. The van der Waals surface area contributed by atoms with Crippen molar-refractivity contribution in [3.05, 3.63) is 53.6 Å². The van der Waals surface area contributed by atoms with Crippen LogP contribution in [0.1, 0.15) is 17.5 Å². The standard InChI is InChI=1S/C24H34N4O2/c1-18-8-9-23(30-4)20(14-18)10-12-26-24(25-2)27-16-19-11-13-28(17-19)21-6-5-7-22(15-21)29-3/h5-9,14-15,19H,10-13,16-17H2,1-4H3,(H2,25,26,27). The largest absolute Gasteiger partial charge is 0.497 e. The third-order valence-electron chi connectivity index (χ3n) is 5.61. The molecule has 1 unspecified atom stereocenters. The summed E-state index contributed by atoms with van der Waals surface area (Å²) < 4.78 is 10.8. The average molecular weight is 411 g/mol. The first-order chi connectivity index (χ1) is 14.6. The molecule has 0 radical (unpaired) electrons. The summed E-state index contributed by atoms with van der Waals surface area (Å²) in [6, 6.07) is 14.6. The highest BCUT2D eigenvalue weighted by molar-refractivity contribution is 5.79. The number of hydrogen-bond donors (Lipinski definition) is 2. The van der Waals surface area contributed by atoms with Gasteiger partial charge in [-0.1, -0.05) is 23.8 Å². The first-order valence-corrected chi connectivity index (χ1v) is 10.6. The van der Waals surface area contributed by atoms with Crippen molar-refractivity contribution in [3.8, 4) is 11.5 Å². The van der Waals surface area contributed by atoms with Crippen molar-refractivity contribution in [1.29, 1.82) is 0 Å². The van der Waals surface area contributed by atoms with Crippen LogP contribution in [0, 0.1) is 12.8 Å². The minimum absolute atomic E-state index is 0.589. The van der Waals surface area contributed by atoms with E-state index in [1.54, 1.807) is 14.2 Å². The Labute approximate surface area is 180 Å². The van der Waals surface area contributed by atoms with Gasteiger partial charge in [-0.2, -0.15) is 0 Å². The predicted molar refractivity (Wildman–Crippen MR) is 124 cm³/mol. The van der Waals surface area contributed by atoms with Gasteiger partial charge >= 0.3 is 0 Å². The summed E-state index contributed by atoms with van der Waals surface area (Å²) >= 11 is 0. The molecule has 2 aromatic carbocycles. The molecule has 6 heteroatoms. The van der Waals surface area contributed by atoms with Gasteiger partial charge in [0.2, 0.25) is 0 Å². The van der Waals surface area contributed by atoms with Crippen LogP contribution in [0.25, 0.3) is 0 Å². The number of benzene rings is 2. The van der Waals surface area contributed by atoms with Crippen molar-refractivity contribution in [2.45, 2.75) is 19.8 Å². The number of rotatable bonds is 8. The van der Waals surface area contributed by atoms with E-state index in [1.807, 2.05) is 19.2 Å². The SMILES string of the molecule is CN=C(NCCc1cc(C)ccc1OC)NCC1CCN(c2cccc(OC)c2)C1. The van der Waals surface area contributed by atoms with E-state index in [2.05, 4.69) is 57.8 Å². The Morgan fingerprint density at radius 3 is 2.77 bits per heavy atom. The molecule has 1 heterocycles. The van der Waals surface area contributed by atoms with Gasteiger partial charge in [0, 0.05) is 45.0 Å². The maximum atomic E-state index is 5.47. The summed E-state index contributed by atoms with van der Waals surface area (Å²) in [4.78, 5) is 6.80. The fourth-order valence-corrected chi connectivity index (χ4v) is 3.92. The number of nitrogens with zero attached hydrogens (tertiary/aromatic N) is 2. The first kappa shape index (κ1) is 21.8. The zero-order valence-corrected chi connectivity index (χ0v) is 18.6. The molecule has 2 aromatic rings. The molecular weight excluding hydrogens is 376 g/mol. The number of methoxy groups -OCH3 is 2. The van der Waals surface area contributed by atoms with Gasteiger partial charge in [-0.15, -0.1) is 0 Å².